The maximum atomic E-state index is 12.8. The van der Waals surface area contributed by atoms with Gasteiger partial charge in [-0.25, -0.2) is 4.98 Å². The molecular weight excluding hydrogens is 468 g/mol. The van der Waals surface area contributed by atoms with Crippen LogP contribution in [0.25, 0.3) is 0 Å². The topological polar surface area (TPSA) is 74.3 Å². The van der Waals surface area contributed by atoms with Crippen LogP contribution in [0.15, 0.2) is 30.5 Å². The van der Waals surface area contributed by atoms with Crippen LogP contribution in [0.3, 0.4) is 0 Å². The van der Waals surface area contributed by atoms with Crippen molar-refractivity contribution in [3.05, 3.63) is 56.7 Å². The number of pyridine rings is 1. The van der Waals surface area contributed by atoms with E-state index in [1.807, 2.05) is 0 Å². The average molecular weight is 482 g/mol. The van der Waals surface area contributed by atoms with Crippen molar-refractivity contribution in [2.45, 2.75) is 25.1 Å². The minimum atomic E-state index is -4.58. The number of aromatic nitrogens is 1. The second-order valence-electron chi connectivity index (χ2n) is 6.42. The first-order chi connectivity index (χ1) is 14.1. The highest BCUT2D eigenvalue weighted by Crippen LogP contribution is 2.35. The smallest absolute Gasteiger partial charge is 0.343 e. The summed E-state index contributed by atoms with van der Waals surface area (Å²) in [7, 11) is 0. The highest BCUT2D eigenvalue weighted by Gasteiger charge is 2.36. The summed E-state index contributed by atoms with van der Waals surface area (Å²) in [6.45, 7) is 0.362. The maximum Gasteiger partial charge on any atom is 0.417 e. The minimum Gasteiger partial charge on any atom is -0.343 e. The number of hydrogen-bond acceptors (Lipinski definition) is 4. The Morgan fingerprint density at radius 3 is 2.37 bits per heavy atom. The largest absolute Gasteiger partial charge is 0.417 e. The summed E-state index contributed by atoms with van der Waals surface area (Å²) in [4.78, 5) is 30.2. The quantitative estimate of drug-likeness (QED) is 0.634. The standard InChI is InChI=1S/C18H14Cl3F3N4O2/c19-10-3-1-4-11(20)14(10)17(30)27-26-16(29)13-5-2-6-28(13)15-12(21)7-9(8-25-15)18(22,23)24/h1,3-4,7-8,13H,2,5-6H2,(H,26,29)(H,27,30)/t13-/m0/s1. The van der Waals surface area contributed by atoms with Crippen LogP contribution in [0.1, 0.15) is 28.8 Å². The van der Waals surface area contributed by atoms with Crippen molar-refractivity contribution in [3.63, 3.8) is 0 Å². The van der Waals surface area contributed by atoms with Gasteiger partial charge in [0.25, 0.3) is 11.8 Å². The number of halogens is 6. The van der Waals surface area contributed by atoms with Gasteiger partial charge in [0.1, 0.15) is 11.9 Å². The molecule has 1 fully saturated rings. The van der Waals surface area contributed by atoms with Crippen molar-refractivity contribution >= 4 is 52.4 Å². The summed E-state index contributed by atoms with van der Waals surface area (Å²) in [5, 5.41) is -0.00799. The summed E-state index contributed by atoms with van der Waals surface area (Å²) in [5.41, 5.74) is 3.53. The van der Waals surface area contributed by atoms with E-state index in [9.17, 15) is 22.8 Å². The van der Waals surface area contributed by atoms with Gasteiger partial charge in [0.05, 0.1) is 26.2 Å². The van der Waals surface area contributed by atoms with Crippen molar-refractivity contribution in [1.29, 1.82) is 0 Å². The number of carbonyl (C=O) groups excluding carboxylic acids is 2. The Hall–Kier alpha value is -2.23. The molecule has 0 unspecified atom stereocenters. The van der Waals surface area contributed by atoms with Gasteiger partial charge in [0.2, 0.25) is 0 Å². The molecule has 0 saturated carbocycles. The number of rotatable bonds is 3. The number of hydrazine groups is 1. The van der Waals surface area contributed by atoms with Gasteiger partial charge in [-0.1, -0.05) is 40.9 Å². The van der Waals surface area contributed by atoms with Crippen molar-refractivity contribution in [2.75, 3.05) is 11.4 Å². The molecule has 6 nitrogen and oxygen atoms in total. The zero-order valence-electron chi connectivity index (χ0n) is 15.1. The van der Waals surface area contributed by atoms with Crippen LogP contribution in [-0.2, 0) is 11.0 Å². The molecule has 1 saturated heterocycles. The molecular formula is C18H14Cl3F3N4O2. The first-order valence-corrected chi connectivity index (χ1v) is 9.76. The van der Waals surface area contributed by atoms with Gasteiger partial charge < -0.3 is 4.90 Å². The first-order valence-electron chi connectivity index (χ1n) is 8.63. The fourth-order valence-corrected chi connectivity index (χ4v) is 3.91. The molecule has 160 valence electrons. The Bertz CT molecular complexity index is 967. The Labute approximate surface area is 184 Å². The highest BCUT2D eigenvalue weighted by atomic mass is 35.5. The zero-order valence-corrected chi connectivity index (χ0v) is 17.3. The molecule has 1 aromatic heterocycles. The number of alkyl halides is 3. The summed E-state index contributed by atoms with van der Waals surface area (Å²) >= 11 is 17.9. The summed E-state index contributed by atoms with van der Waals surface area (Å²) in [6, 6.07) is 4.49. The number of nitrogens with zero attached hydrogens (tertiary/aromatic N) is 2. The molecule has 30 heavy (non-hydrogen) atoms. The van der Waals surface area contributed by atoms with Crippen molar-refractivity contribution < 1.29 is 22.8 Å². The Kier molecular flexibility index (Phi) is 6.64. The minimum absolute atomic E-state index is 0.00291. The number of benzene rings is 1. The second kappa shape index (κ2) is 8.87. The van der Waals surface area contributed by atoms with Gasteiger partial charge in [0, 0.05) is 12.7 Å². The maximum absolute atomic E-state index is 12.8. The van der Waals surface area contributed by atoms with Crippen LogP contribution < -0.4 is 15.8 Å². The van der Waals surface area contributed by atoms with E-state index in [0.717, 1.165) is 6.07 Å². The van der Waals surface area contributed by atoms with Crippen molar-refractivity contribution in [2.24, 2.45) is 0 Å². The molecule has 1 aromatic carbocycles. The lowest BCUT2D eigenvalue weighted by molar-refractivity contribution is -0.137. The third-order valence-corrected chi connectivity index (χ3v) is 5.37. The number of amides is 2. The normalized spacial score (nSPS) is 16.5. The third-order valence-electron chi connectivity index (χ3n) is 4.47. The van der Waals surface area contributed by atoms with E-state index in [2.05, 4.69) is 15.8 Å². The summed E-state index contributed by atoms with van der Waals surface area (Å²) in [6.07, 6.45) is -2.94. The van der Waals surface area contributed by atoms with Gasteiger partial charge >= 0.3 is 6.18 Å². The Balaban J connectivity index is 1.71. The predicted octanol–water partition coefficient (Wildman–Crippen LogP) is 4.49. The summed E-state index contributed by atoms with van der Waals surface area (Å²) < 4.78 is 38.5. The van der Waals surface area contributed by atoms with E-state index in [1.54, 1.807) is 6.07 Å². The van der Waals surface area contributed by atoms with Gasteiger partial charge in [-0.2, -0.15) is 13.2 Å². The van der Waals surface area contributed by atoms with Crippen LogP contribution >= 0.6 is 34.8 Å². The van der Waals surface area contributed by atoms with Crippen molar-refractivity contribution in [3.8, 4) is 0 Å². The molecule has 0 spiro atoms. The van der Waals surface area contributed by atoms with E-state index in [-0.39, 0.29) is 26.4 Å². The predicted molar refractivity (Wildman–Crippen MR) is 107 cm³/mol. The monoisotopic (exact) mass is 480 g/mol. The number of nitrogens with one attached hydrogen (secondary N) is 2. The van der Waals surface area contributed by atoms with E-state index < -0.39 is 29.6 Å². The SMILES string of the molecule is O=C(NNC(=O)[C@@H]1CCCN1c1ncc(C(F)(F)F)cc1Cl)c1c(Cl)cccc1Cl. The van der Waals surface area contributed by atoms with E-state index in [0.29, 0.717) is 25.6 Å². The lowest BCUT2D eigenvalue weighted by Crippen LogP contribution is -2.50. The van der Waals surface area contributed by atoms with Crippen LogP contribution in [-0.4, -0.2) is 29.4 Å². The van der Waals surface area contributed by atoms with Gasteiger partial charge in [0.15, 0.2) is 0 Å². The molecule has 0 radical (unpaired) electrons. The van der Waals surface area contributed by atoms with E-state index in [4.69, 9.17) is 34.8 Å². The lowest BCUT2D eigenvalue weighted by Gasteiger charge is -2.26. The Morgan fingerprint density at radius 1 is 1.10 bits per heavy atom. The summed E-state index contributed by atoms with van der Waals surface area (Å²) in [5.74, 6) is -1.24. The molecule has 2 aromatic rings. The van der Waals surface area contributed by atoms with Gasteiger partial charge in [-0.15, -0.1) is 0 Å². The average Bonchev–Trinajstić information content (AvgIpc) is 3.14. The molecule has 3 rings (SSSR count). The first kappa shape index (κ1) is 22.5. The Morgan fingerprint density at radius 2 is 1.77 bits per heavy atom. The highest BCUT2D eigenvalue weighted by molar-refractivity contribution is 6.39. The third kappa shape index (κ3) is 4.74. The number of hydrogen-bond donors (Lipinski definition) is 2. The molecule has 0 bridgehead atoms. The molecule has 2 N–H and O–H groups in total. The van der Waals surface area contributed by atoms with Crippen LogP contribution in [0.4, 0.5) is 19.0 Å². The lowest BCUT2D eigenvalue weighted by atomic mass is 10.2. The fraction of sp³-hybridized carbons (Fsp3) is 0.278. The van der Waals surface area contributed by atoms with Gasteiger partial charge in [-0.05, 0) is 31.0 Å². The molecule has 1 atom stereocenters. The van der Waals surface area contributed by atoms with Crippen LogP contribution in [0, 0.1) is 0 Å². The van der Waals surface area contributed by atoms with Crippen LogP contribution in [0.5, 0.6) is 0 Å². The molecule has 2 amide bonds. The van der Waals surface area contributed by atoms with E-state index in [1.165, 1.54) is 17.0 Å². The molecule has 1 aliphatic rings. The van der Waals surface area contributed by atoms with Crippen LogP contribution in [0.2, 0.25) is 15.1 Å². The molecule has 2 heterocycles. The zero-order chi connectivity index (χ0) is 22.1. The fourth-order valence-electron chi connectivity index (χ4n) is 3.07. The van der Waals surface area contributed by atoms with Gasteiger partial charge in [-0.3, -0.25) is 20.4 Å². The van der Waals surface area contributed by atoms with Crippen molar-refractivity contribution in [1.82, 2.24) is 15.8 Å². The van der Waals surface area contributed by atoms with E-state index >= 15 is 0 Å². The second-order valence-corrected chi connectivity index (χ2v) is 7.64. The number of anilines is 1. The number of carbonyl (C=O) groups is 2. The molecule has 12 heteroatoms. The molecule has 0 aliphatic carbocycles. The molecule has 1 aliphatic heterocycles.